The molecule has 2 aliphatic carbocycles. The molecule has 2 bridgehead atoms. The Balaban J connectivity index is 1.24. The third-order valence-electron chi connectivity index (χ3n) is 12.0. The lowest BCUT2D eigenvalue weighted by atomic mass is 9.68. The van der Waals surface area contributed by atoms with E-state index in [0.29, 0.717) is 56.4 Å². The Kier molecular flexibility index (Phi) is 10.2. The third-order valence-corrected chi connectivity index (χ3v) is 12.2. The zero-order valence-corrected chi connectivity index (χ0v) is 29.9. The summed E-state index contributed by atoms with van der Waals surface area (Å²) in [4.78, 5) is 32.3. The number of aryl methyl sites for hydroxylation is 1. The molecule has 3 heterocycles. The maximum absolute atomic E-state index is 13.4. The number of hydrogen-bond donors (Lipinski definition) is 2. The molecule has 3 aliphatic heterocycles. The van der Waals surface area contributed by atoms with Crippen molar-refractivity contribution in [1.82, 2.24) is 9.80 Å². The van der Waals surface area contributed by atoms with Gasteiger partial charge in [0.05, 0.1) is 37.5 Å². The van der Waals surface area contributed by atoms with Crippen LogP contribution in [0.1, 0.15) is 55.2 Å². The molecule has 270 valence electrons. The fraction of sp³-hybridized carbons (Fsp3) is 0.590. The van der Waals surface area contributed by atoms with Gasteiger partial charge in [-0.1, -0.05) is 35.9 Å². The Hall–Kier alpha value is -3.15. The summed E-state index contributed by atoms with van der Waals surface area (Å²) < 4.78 is 18.7. The topological polar surface area (TPSA) is 112 Å². The van der Waals surface area contributed by atoms with Crippen LogP contribution in [-0.4, -0.2) is 111 Å². The summed E-state index contributed by atoms with van der Waals surface area (Å²) in [6.45, 7) is 5.63. The number of amides is 1. The fourth-order valence-corrected chi connectivity index (χ4v) is 8.88. The van der Waals surface area contributed by atoms with Gasteiger partial charge in [0, 0.05) is 63.9 Å². The number of ether oxygens (including phenoxy) is 3. The smallest absolute Gasteiger partial charge is 0.340 e. The number of hydrogen-bond acceptors (Lipinski definition) is 8. The average Bonchev–Trinajstić information content (AvgIpc) is 3.21. The maximum Gasteiger partial charge on any atom is 0.340 e. The van der Waals surface area contributed by atoms with E-state index in [1.54, 1.807) is 32.4 Å². The Morgan fingerprint density at radius 2 is 1.98 bits per heavy atom. The van der Waals surface area contributed by atoms with E-state index < -0.39 is 23.9 Å². The summed E-state index contributed by atoms with van der Waals surface area (Å²) in [5.74, 6) is -0.600. The minimum Gasteiger partial charge on any atom is -0.490 e. The molecule has 2 fully saturated rings. The largest absolute Gasteiger partial charge is 0.490 e. The summed E-state index contributed by atoms with van der Waals surface area (Å²) in [6, 6.07) is 11.3. The highest BCUT2D eigenvalue weighted by Gasteiger charge is 2.46. The molecule has 10 nitrogen and oxygen atoms in total. The first-order valence-corrected chi connectivity index (χ1v) is 18.5. The van der Waals surface area contributed by atoms with Crippen LogP contribution in [0.4, 0.5) is 5.69 Å². The van der Waals surface area contributed by atoms with Crippen molar-refractivity contribution in [2.45, 2.75) is 68.2 Å². The Labute approximate surface area is 299 Å². The predicted octanol–water partition coefficient (Wildman–Crippen LogP) is 4.64. The summed E-state index contributed by atoms with van der Waals surface area (Å²) in [5, 5.41) is 22.8. The van der Waals surface area contributed by atoms with Crippen molar-refractivity contribution in [2.24, 2.45) is 11.8 Å². The second kappa shape index (κ2) is 14.5. The van der Waals surface area contributed by atoms with Crippen LogP contribution in [0.5, 0.6) is 5.75 Å². The molecule has 2 N–H and O–H groups in total. The van der Waals surface area contributed by atoms with Crippen LogP contribution in [0.25, 0.3) is 0 Å². The van der Waals surface area contributed by atoms with Crippen molar-refractivity contribution in [3.8, 4) is 5.75 Å². The van der Waals surface area contributed by atoms with Crippen LogP contribution in [0, 0.1) is 11.8 Å². The monoisotopic (exact) mass is 707 g/mol. The highest BCUT2D eigenvalue weighted by Crippen LogP contribution is 2.48. The van der Waals surface area contributed by atoms with Gasteiger partial charge in [0.2, 0.25) is 5.91 Å². The highest BCUT2D eigenvalue weighted by atomic mass is 35.5. The normalized spacial score (nSPS) is 30.5. The van der Waals surface area contributed by atoms with Crippen LogP contribution >= 0.6 is 11.6 Å². The van der Waals surface area contributed by atoms with Crippen molar-refractivity contribution in [3.05, 3.63) is 70.3 Å². The van der Waals surface area contributed by atoms with Gasteiger partial charge in [-0.3, -0.25) is 9.69 Å². The summed E-state index contributed by atoms with van der Waals surface area (Å²) in [7, 11) is 3.41. The number of methoxy groups -OCH3 is 1. The van der Waals surface area contributed by atoms with Crippen molar-refractivity contribution in [1.29, 1.82) is 0 Å². The Morgan fingerprint density at radius 3 is 2.74 bits per heavy atom. The molecular weight excluding hydrogens is 658 g/mol. The second-order valence-electron chi connectivity index (χ2n) is 15.1. The number of carboxylic acid groups (broad SMARTS) is 1. The molecule has 1 spiro atoms. The lowest BCUT2D eigenvalue weighted by Crippen LogP contribution is -2.53. The molecule has 0 aromatic heterocycles. The number of carbonyl (C=O) groups excluding carboxylic acids is 1. The number of aliphatic carboxylic acids is 1. The molecule has 11 heteroatoms. The number of benzene rings is 2. The van der Waals surface area contributed by atoms with E-state index in [1.165, 1.54) is 16.0 Å². The quantitative estimate of drug-likeness (QED) is 0.415. The van der Waals surface area contributed by atoms with Crippen LogP contribution < -0.4 is 9.64 Å². The lowest BCUT2D eigenvalue weighted by Gasteiger charge is -2.46. The Morgan fingerprint density at radius 1 is 1.14 bits per heavy atom. The molecule has 0 unspecified atom stereocenters. The van der Waals surface area contributed by atoms with E-state index in [-0.39, 0.29) is 17.1 Å². The van der Waals surface area contributed by atoms with Gasteiger partial charge >= 0.3 is 5.97 Å². The number of carbonyl (C=O) groups is 2. The van der Waals surface area contributed by atoms with Crippen molar-refractivity contribution >= 4 is 29.2 Å². The molecule has 50 heavy (non-hydrogen) atoms. The van der Waals surface area contributed by atoms with Crippen LogP contribution in [0.3, 0.4) is 0 Å². The molecule has 7 rings (SSSR count). The number of anilines is 1. The first kappa shape index (κ1) is 35.3. The molecule has 5 aliphatic rings. The number of fused-ring (bicyclic) bond motifs is 4. The van der Waals surface area contributed by atoms with Crippen molar-refractivity contribution in [2.75, 3.05) is 71.5 Å². The van der Waals surface area contributed by atoms with E-state index in [1.807, 2.05) is 6.07 Å². The molecule has 2 aromatic rings. The molecule has 5 atom stereocenters. The first-order valence-electron chi connectivity index (χ1n) is 18.1. The Bertz CT molecular complexity index is 1610. The van der Waals surface area contributed by atoms with Gasteiger partial charge in [0.15, 0.2) is 5.60 Å². The van der Waals surface area contributed by atoms with Crippen LogP contribution in [0.2, 0.25) is 5.02 Å². The predicted molar refractivity (Wildman–Crippen MR) is 191 cm³/mol. The molecule has 1 saturated heterocycles. The van der Waals surface area contributed by atoms with Crippen LogP contribution in [0.15, 0.2) is 48.6 Å². The second-order valence-corrected chi connectivity index (χ2v) is 15.6. The molecular formula is C39H50ClN3O7. The van der Waals surface area contributed by atoms with E-state index in [4.69, 9.17) is 25.8 Å². The van der Waals surface area contributed by atoms with Gasteiger partial charge in [-0.15, -0.1) is 0 Å². The lowest BCUT2D eigenvalue weighted by molar-refractivity contribution is -0.164. The van der Waals surface area contributed by atoms with E-state index in [9.17, 15) is 19.8 Å². The minimum atomic E-state index is -2.39. The fourth-order valence-electron chi connectivity index (χ4n) is 8.68. The number of nitrogens with zero attached hydrogens (tertiary/aromatic N) is 3. The van der Waals surface area contributed by atoms with Gasteiger partial charge in [0.25, 0.3) is 0 Å². The standard InChI is InChI=1S/C39H50ClN3O7/c1-41-15-4-3-7-34(49-17-16-42-22-30(23-42)48-2)31-11-8-27(31)21-43-24-38(14-5-6-26-18-29(40)10-12-32(26)38)25-50-35-13-9-28(19-33(35)43)39(47,37(45)46)20-36(41)44/h3,7,9-10,12-13,18-19,27,30-31,34,47H,4-6,8,11,14-17,20-25H2,1-2H3,(H,45,46)/t27-,31+,34-,38-,39+/m0/s1. The van der Waals surface area contributed by atoms with Gasteiger partial charge in [-0.25, -0.2) is 4.79 Å². The molecule has 2 aromatic carbocycles. The summed E-state index contributed by atoms with van der Waals surface area (Å²) >= 11 is 6.46. The van der Waals surface area contributed by atoms with Crippen molar-refractivity contribution < 1.29 is 34.0 Å². The maximum atomic E-state index is 13.4. The van der Waals surface area contributed by atoms with Crippen LogP contribution in [-0.2, 0) is 36.5 Å². The molecule has 0 radical (unpaired) electrons. The summed E-state index contributed by atoms with van der Waals surface area (Å²) in [6.07, 6.45) is 9.55. The first-order chi connectivity index (χ1) is 24.1. The number of carboxylic acids is 1. The number of likely N-dealkylation sites (tertiary alicyclic amines) is 1. The number of aliphatic hydroxyl groups is 1. The van der Waals surface area contributed by atoms with E-state index in [2.05, 4.69) is 34.1 Å². The third kappa shape index (κ3) is 6.89. The summed E-state index contributed by atoms with van der Waals surface area (Å²) in [5.41, 5.74) is 0.722. The molecule has 1 saturated carbocycles. The zero-order valence-electron chi connectivity index (χ0n) is 29.2. The van der Waals surface area contributed by atoms with E-state index >= 15 is 0 Å². The van der Waals surface area contributed by atoms with Gasteiger partial charge in [-0.2, -0.15) is 0 Å². The van der Waals surface area contributed by atoms with Gasteiger partial charge < -0.3 is 34.2 Å². The van der Waals surface area contributed by atoms with Gasteiger partial charge in [0.1, 0.15) is 5.75 Å². The number of halogens is 1. The highest BCUT2D eigenvalue weighted by molar-refractivity contribution is 6.30. The minimum absolute atomic E-state index is 0.0557. The molecule has 1 amide bonds. The zero-order chi connectivity index (χ0) is 35.0. The van der Waals surface area contributed by atoms with Gasteiger partial charge in [-0.05, 0) is 91.3 Å². The SMILES string of the molecule is COC1CN(CCO[C@H]2C=CCCN(C)C(=O)C[C@](O)(C(=O)O)c3ccc4c(c3)N(C[C@@H]3CC[C@H]32)C[C@@]2(CCCc3cc(Cl)ccc32)CO4)C1. The van der Waals surface area contributed by atoms with Crippen molar-refractivity contribution in [3.63, 3.8) is 0 Å². The van der Waals surface area contributed by atoms with E-state index in [0.717, 1.165) is 69.0 Å². The average molecular weight is 708 g/mol. The number of rotatable bonds is 6.